The third kappa shape index (κ3) is 3.71. The van der Waals surface area contributed by atoms with Crippen LogP contribution in [0, 0.1) is 5.92 Å². The number of hydrogen-bond acceptors (Lipinski definition) is 6. The van der Waals surface area contributed by atoms with E-state index in [4.69, 9.17) is 0 Å². The number of anilines is 1. The van der Waals surface area contributed by atoms with Crippen LogP contribution >= 0.6 is 12.4 Å². The van der Waals surface area contributed by atoms with Gasteiger partial charge in [-0.2, -0.15) is 14.8 Å². The molecule has 9 nitrogen and oxygen atoms in total. The van der Waals surface area contributed by atoms with Gasteiger partial charge in [-0.05, 0) is 57.0 Å². The lowest BCUT2D eigenvalue weighted by atomic mass is 9.93. The minimum atomic E-state index is -3.78. The molecule has 0 bridgehead atoms. The molecule has 0 radical (unpaired) electrons. The summed E-state index contributed by atoms with van der Waals surface area (Å²) in [6.45, 7) is 2.38. The lowest BCUT2D eigenvalue weighted by Gasteiger charge is -2.32. The molecule has 11 heteroatoms. The second-order valence-corrected chi connectivity index (χ2v) is 8.56. The number of hydrogen-bond donors (Lipinski definition) is 2. The molecule has 0 unspecified atom stereocenters. The summed E-state index contributed by atoms with van der Waals surface area (Å²) in [4.78, 5) is 18.6. The summed E-state index contributed by atoms with van der Waals surface area (Å²) in [5, 5.41) is 7.20. The highest BCUT2D eigenvalue weighted by Crippen LogP contribution is 2.30. The van der Waals surface area contributed by atoms with Crippen LogP contribution in [0.3, 0.4) is 0 Å². The van der Waals surface area contributed by atoms with Gasteiger partial charge in [-0.15, -0.1) is 12.4 Å². The molecule has 0 spiro atoms. The Hall–Kier alpha value is -2.17. The highest BCUT2D eigenvalue weighted by Gasteiger charge is 2.31. The number of rotatable bonds is 4. The Morgan fingerprint density at radius 2 is 2.07 bits per heavy atom. The lowest BCUT2D eigenvalue weighted by molar-refractivity contribution is 0.0687. The SMILES string of the molecule is CNCCC1CCN(C(=O)c2ccc3c(c2)S(=O)(=O)Nc2ncnn2-3)CC1.Cl. The summed E-state index contributed by atoms with van der Waals surface area (Å²) in [6.07, 6.45) is 4.34. The normalized spacial score (nSPS) is 17.8. The van der Waals surface area contributed by atoms with E-state index in [1.54, 1.807) is 17.0 Å². The molecule has 2 aliphatic heterocycles. The van der Waals surface area contributed by atoms with E-state index in [0.29, 0.717) is 30.3 Å². The van der Waals surface area contributed by atoms with Gasteiger partial charge in [0.2, 0.25) is 5.95 Å². The predicted octanol–water partition coefficient (Wildman–Crippen LogP) is 1.26. The van der Waals surface area contributed by atoms with Crippen molar-refractivity contribution < 1.29 is 13.2 Å². The van der Waals surface area contributed by atoms with E-state index >= 15 is 0 Å². The van der Waals surface area contributed by atoms with Gasteiger partial charge in [0.15, 0.2) is 0 Å². The molecule has 0 atom stereocenters. The maximum atomic E-state index is 12.9. The highest BCUT2D eigenvalue weighted by atomic mass is 35.5. The molecule has 0 saturated carbocycles. The maximum absolute atomic E-state index is 12.9. The molecule has 2 N–H and O–H groups in total. The lowest BCUT2D eigenvalue weighted by Crippen LogP contribution is -2.39. The molecule has 28 heavy (non-hydrogen) atoms. The fourth-order valence-corrected chi connectivity index (χ4v) is 4.86. The number of benzene rings is 1. The first kappa shape index (κ1) is 20.6. The third-order valence-corrected chi connectivity index (χ3v) is 6.56. The topological polar surface area (TPSA) is 109 Å². The first-order valence-corrected chi connectivity index (χ1v) is 10.5. The second kappa shape index (κ2) is 8.06. The number of sulfonamides is 1. The van der Waals surface area contributed by atoms with Gasteiger partial charge < -0.3 is 10.2 Å². The maximum Gasteiger partial charge on any atom is 0.266 e. The number of halogens is 1. The molecule has 3 heterocycles. The number of amides is 1. The van der Waals surface area contributed by atoms with Gasteiger partial charge in [0.1, 0.15) is 11.2 Å². The van der Waals surface area contributed by atoms with Gasteiger partial charge in [-0.25, -0.2) is 13.1 Å². The van der Waals surface area contributed by atoms with Gasteiger partial charge in [-0.3, -0.25) is 4.79 Å². The fourth-order valence-electron chi connectivity index (χ4n) is 3.66. The van der Waals surface area contributed by atoms with Crippen molar-refractivity contribution in [3.05, 3.63) is 30.1 Å². The van der Waals surface area contributed by atoms with E-state index in [0.717, 1.165) is 25.8 Å². The minimum Gasteiger partial charge on any atom is -0.339 e. The highest BCUT2D eigenvalue weighted by molar-refractivity contribution is 7.93. The zero-order valence-corrected chi connectivity index (χ0v) is 17.1. The first-order valence-electron chi connectivity index (χ1n) is 9.01. The van der Waals surface area contributed by atoms with Crippen molar-refractivity contribution in [2.75, 3.05) is 31.4 Å². The Labute approximate surface area is 170 Å². The van der Waals surface area contributed by atoms with Crippen LogP contribution in [0.15, 0.2) is 29.4 Å². The molecule has 1 amide bonds. The van der Waals surface area contributed by atoms with Crippen molar-refractivity contribution in [2.24, 2.45) is 5.92 Å². The van der Waals surface area contributed by atoms with Crippen molar-refractivity contribution in [3.8, 4) is 5.69 Å². The summed E-state index contributed by atoms with van der Waals surface area (Å²) in [5.41, 5.74) is 0.764. The van der Waals surface area contributed by atoms with Crippen molar-refractivity contribution in [1.29, 1.82) is 0 Å². The van der Waals surface area contributed by atoms with Crippen molar-refractivity contribution in [1.82, 2.24) is 25.0 Å². The molecule has 1 saturated heterocycles. The summed E-state index contributed by atoms with van der Waals surface area (Å²) in [6, 6.07) is 4.69. The molecule has 1 aromatic heterocycles. The molecule has 1 fully saturated rings. The summed E-state index contributed by atoms with van der Waals surface area (Å²) >= 11 is 0. The van der Waals surface area contributed by atoms with Crippen LogP contribution in [0.2, 0.25) is 0 Å². The number of piperidine rings is 1. The van der Waals surface area contributed by atoms with Gasteiger partial charge in [0.25, 0.3) is 15.9 Å². The van der Waals surface area contributed by atoms with E-state index < -0.39 is 10.0 Å². The molecule has 152 valence electrons. The average Bonchev–Trinajstić information content (AvgIpc) is 3.13. The van der Waals surface area contributed by atoms with E-state index in [2.05, 4.69) is 20.1 Å². The number of carbonyl (C=O) groups is 1. The van der Waals surface area contributed by atoms with Gasteiger partial charge in [0, 0.05) is 18.7 Å². The van der Waals surface area contributed by atoms with Crippen LogP contribution in [0.4, 0.5) is 5.95 Å². The zero-order valence-electron chi connectivity index (χ0n) is 15.5. The number of nitrogens with zero attached hydrogens (tertiary/aromatic N) is 4. The van der Waals surface area contributed by atoms with Crippen LogP contribution in [0.1, 0.15) is 29.6 Å². The molecule has 2 aliphatic rings. The van der Waals surface area contributed by atoms with Crippen LogP contribution in [-0.2, 0) is 10.0 Å². The number of nitrogens with one attached hydrogen (secondary N) is 2. The standard InChI is InChI=1S/C17H22N6O3S.ClH/c1-18-7-4-12-5-8-22(9-6-12)16(24)13-2-3-14-15(10-13)27(25,26)21-17-19-11-20-23(14)17;/h2-3,10-12,18H,4-9H2,1H3,(H,19,20,21);1H. The Kier molecular flexibility index (Phi) is 5.92. The first-order chi connectivity index (χ1) is 13.0. The Balaban J connectivity index is 0.00000225. The number of likely N-dealkylation sites (tertiary alicyclic amines) is 1. The Morgan fingerprint density at radius 3 is 2.79 bits per heavy atom. The zero-order chi connectivity index (χ0) is 19.0. The van der Waals surface area contributed by atoms with Crippen molar-refractivity contribution in [2.45, 2.75) is 24.2 Å². The van der Waals surface area contributed by atoms with Crippen molar-refractivity contribution >= 4 is 34.3 Å². The Morgan fingerprint density at radius 1 is 1.32 bits per heavy atom. The minimum absolute atomic E-state index is 0. The molecular weight excluding hydrogens is 404 g/mol. The molecule has 2 aromatic rings. The van der Waals surface area contributed by atoms with Crippen LogP contribution in [0.5, 0.6) is 0 Å². The largest absolute Gasteiger partial charge is 0.339 e. The monoisotopic (exact) mass is 426 g/mol. The van der Waals surface area contributed by atoms with Gasteiger partial charge in [-0.1, -0.05) is 0 Å². The quantitative estimate of drug-likeness (QED) is 0.761. The van der Waals surface area contributed by atoms with Crippen molar-refractivity contribution in [3.63, 3.8) is 0 Å². The molecule has 4 rings (SSSR count). The summed E-state index contributed by atoms with van der Waals surface area (Å²) < 4.78 is 28.8. The van der Waals surface area contributed by atoms with Gasteiger partial charge >= 0.3 is 0 Å². The fraction of sp³-hybridized carbons (Fsp3) is 0.471. The Bertz CT molecular complexity index is 969. The number of fused-ring (bicyclic) bond motifs is 3. The summed E-state index contributed by atoms with van der Waals surface area (Å²) in [7, 11) is -1.84. The third-order valence-electron chi connectivity index (χ3n) is 5.20. The second-order valence-electron chi connectivity index (χ2n) is 6.91. The van der Waals surface area contributed by atoms with Crippen LogP contribution < -0.4 is 10.0 Å². The smallest absolute Gasteiger partial charge is 0.266 e. The van der Waals surface area contributed by atoms with Gasteiger partial charge in [0.05, 0.1) is 5.69 Å². The predicted molar refractivity (Wildman–Crippen MR) is 107 cm³/mol. The van der Waals surface area contributed by atoms with E-state index in [-0.39, 0.29) is 29.2 Å². The average molecular weight is 427 g/mol. The van der Waals surface area contributed by atoms with Crippen LogP contribution in [0.25, 0.3) is 5.69 Å². The number of aromatic nitrogens is 3. The number of carbonyl (C=O) groups excluding carboxylic acids is 1. The van der Waals surface area contributed by atoms with E-state index in [1.165, 1.54) is 17.1 Å². The molecule has 0 aliphatic carbocycles. The molecule has 1 aromatic carbocycles. The van der Waals surface area contributed by atoms with E-state index in [9.17, 15) is 13.2 Å². The molecular formula is C17H23ClN6O3S. The van der Waals surface area contributed by atoms with Crippen LogP contribution in [-0.4, -0.2) is 60.7 Å². The summed E-state index contributed by atoms with van der Waals surface area (Å²) in [5.74, 6) is 0.634. The van der Waals surface area contributed by atoms with E-state index in [1.807, 2.05) is 7.05 Å².